The van der Waals surface area contributed by atoms with Crippen LogP contribution in [0.15, 0.2) is 61.0 Å². The number of carbonyl (C=O) groups is 2. The van der Waals surface area contributed by atoms with Gasteiger partial charge in [-0.15, -0.1) is 0 Å². The van der Waals surface area contributed by atoms with E-state index in [4.69, 9.17) is 4.74 Å². The van der Waals surface area contributed by atoms with Gasteiger partial charge >= 0.3 is 0 Å². The Morgan fingerprint density at radius 1 is 0.933 bits per heavy atom. The minimum atomic E-state index is -0.159. The fourth-order valence-corrected chi connectivity index (χ4v) is 4.11. The quantitative estimate of drug-likeness (QED) is 0.257. The first-order valence-electron chi connectivity index (χ1n) is 10.6. The number of nitrogens with zero attached hydrogens (tertiary/aromatic N) is 3. The lowest BCUT2D eigenvalue weighted by Crippen LogP contribution is -2.46. The molecule has 0 aromatic heterocycles. The maximum Gasteiger partial charge on any atom is 0.261 e. The molecule has 0 atom stereocenters. The van der Waals surface area contributed by atoms with E-state index in [9.17, 15) is 9.59 Å². The van der Waals surface area contributed by atoms with Crippen LogP contribution in [0.3, 0.4) is 0 Å². The van der Waals surface area contributed by atoms with Gasteiger partial charge < -0.3 is 9.64 Å². The molecule has 0 N–H and O–H groups in total. The number of fused-ring (bicyclic) bond motifs is 1. The molecule has 0 unspecified atom stereocenters. The average molecular weight is 410 g/mol. The monoisotopic (exact) mass is 409 g/mol. The molecule has 1 aromatic carbocycles. The summed E-state index contributed by atoms with van der Waals surface area (Å²) >= 11 is 0. The summed E-state index contributed by atoms with van der Waals surface area (Å²) in [5, 5.41) is 0. The Balaban J connectivity index is 1.37. The van der Waals surface area contributed by atoms with Crippen LogP contribution < -0.4 is 0 Å². The highest BCUT2D eigenvalue weighted by Gasteiger charge is 2.34. The summed E-state index contributed by atoms with van der Waals surface area (Å²) in [4.78, 5) is 30.9. The zero-order valence-corrected chi connectivity index (χ0v) is 17.8. The molecule has 6 heteroatoms. The van der Waals surface area contributed by atoms with E-state index in [0.29, 0.717) is 17.7 Å². The van der Waals surface area contributed by atoms with Crippen LogP contribution in [0.25, 0.3) is 0 Å². The summed E-state index contributed by atoms with van der Waals surface area (Å²) in [6, 6.07) is 7.06. The summed E-state index contributed by atoms with van der Waals surface area (Å²) < 4.78 is 5.39. The first-order valence-corrected chi connectivity index (χ1v) is 10.6. The first kappa shape index (κ1) is 21.8. The van der Waals surface area contributed by atoms with Gasteiger partial charge in [0.25, 0.3) is 11.8 Å². The summed E-state index contributed by atoms with van der Waals surface area (Å²) in [7, 11) is 1.65. The molecule has 0 bridgehead atoms. The van der Waals surface area contributed by atoms with Crippen LogP contribution in [0.5, 0.6) is 0 Å². The van der Waals surface area contributed by atoms with Gasteiger partial charge in [-0.2, -0.15) is 0 Å². The number of amides is 2. The molecule has 160 valence electrons. The van der Waals surface area contributed by atoms with E-state index >= 15 is 0 Å². The molecule has 1 aromatic rings. The number of methoxy groups -OCH3 is 1. The Morgan fingerprint density at radius 3 is 2.07 bits per heavy atom. The predicted octanol–water partition coefficient (Wildman–Crippen LogP) is 3.30. The molecule has 0 aliphatic carbocycles. The summed E-state index contributed by atoms with van der Waals surface area (Å²) in [5.74, 6) is 0.437. The molecule has 2 aliphatic heterocycles. The van der Waals surface area contributed by atoms with E-state index in [1.807, 2.05) is 6.08 Å². The molecule has 3 rings (SSSR count). The van der Waals surface area contributed by atoms with Crippen molar-refractivity contribution in [3.05, 3.63) is 72.2 Å². The zero-order valence-electron chi connectivity index (χ0n) is 17.8. The van der Waals surface area contributed by atoms with Crippen molar-refractivity contribution in [2.45, 2.75) is 19.3 Å². The van der Waals surface area contributed by atoms with Gasteiger partial charge in [0.1, 0.15) is 5.76 Å². The van der Waals surface area contributed by atoms with E-state index < -0.39 is 0 Å². The van der Waals surface area contributed by atoms with Gasteiger partial charge in [-0.3, -0.25) is 19.4 Å². The molecule has 6 nitrogen and oxygen atoms in total. The van der Waals surface area contributed by atoms with Gasteiger partial charge in [-0.1, -0.05) is 31.7 Å². The lowest BCUT2D eigenvalue weighted by molar-refractivity contribution is 0.0651. The number of unbranched alkanes of at least 4 members (excludes halogenated alkanes) is 2. The molecular weight excluding hydrogens is 378 g/mol. The second-order valence-electron chi connectivity index (χ2n) is 7.56. The van der Waals surface area contributed by atoms with Crippen molar-refractivity contribution in [2.24, 2.45) is 0 Å². The van der Waals surface area contributed by atoms with Crippen molar-refractivity contribution in [3.63, 3.8) is 0 Å². The van der Waals surface area contributed by atoms with Crippen LogP contribution >= 0.6 is 0 Å². The highest BCUT2D eigenvalue weighted by atomic mass is 16.5. The van der Waals surface area contributed by atoms with Crippen LogP contribution in [0, 0.1) is 0 Å². The number of ether oxygens (including phenoxy) is 1. The molecule has 0 saturated carbocycles. The zero-order chi connectivity index (χ0) is 21.5. The number of hydrogen-bond acceptors (Lipinski definition) is 5. The van der Waals surface area contributed by atoms with Crippen LogP contribution in [-0.2, 0) is 4.74 Å². The third-order valence-corrected chi connectivity index (χ3v) is 5.80. The van der Waals surface area contributed by atoms with E-state index in [-0.39, 0.29) is 11.8 Å². The largest absolute Gasteiger partial charge is 0.495 e. The number of carbonyl (C=O) groups excluding carboxylic acids is 2. The number of rotatable bonds is 10. The molecule has 2 aliphatic rings. The molecule has 2 heterocycles. The van der Waals surface area contributed by atoms with Gasteiger partial charge in [0.05, 0.1) is 23.9 Å². The maximum absolute atomic E-state index is 12.4. The SMILES string of the molecule is C=C/C(OC)=C(\C=C)N1CCN(CCCCCN2C(=O)c3ccccc3C2=O)CC1. The van der Waals surface area contributed by atoms with Crippen molar-refractivity contribution in [1.29, 1.82) is 0 Å². The van der Waals surface area contributed by atoms with E-state index in [2.05, 4.69) is 23.0 Å². The van der Waals surface area contributed by atoms with Gasteiger partial charge in [-0.25, -0.2) is 0 Å². The standard InChI is InChI=1S/C24H31N3O3/c1-4-21(22(5-2)30-3)26-17-15-25(16-18-26)13-9-6-10-14-27-23(28)19-11-7-8-12-20(19)24(27)29/h4-5,7-8,11-12H,1-2,6,9-10,13-18H2,3H3/b22-21-. The molecule has 1 fully saturated rings. The number of piperazine rings is 1. The Labute approximate surface area is 179 Å². The molecular formula is C24H31N3O3. The fourth-order valence-electron chi connectivity index (χ4n) is 4.11. The van der Waals surface area contributed by atoms with Crippen LogP contribution in [0.4, 0.5) is 0 Å². The lowest BCUT2D eigenvalue weighted by atomic mass is 10.1. The summed E-state index contributed by atoms with van der Waals surface area (Å²) in [6.07, 6.45) is 6.44. The summed E-state index contributed by atoms with van der Waals surface area (Å²) in [5.41, 5.74) is 2.05. The van der Waals surface area contributed by atoms with Crippen LogP contribution in [0.1, 0.15) is 40.0 Å². The highest BCUT2D eigenvalue weighted by Crippen LogP contribution is 2.23. The van der Waals surface area contributed by atoms with Crippen molar-refractivity contribution in [3.8, 4) is 0 Å². The Bertz CT molecular complexity index is 803. The lowest BCUT2D eigenvalue weighted by Gasteiger charge is -2.37. The third-order valence-electron chi connectivity index (χ3n) is 5.80. The maximum atomic E-state index is 12.4. The second kappa shape index (κ2) is 10.3. The Kier molecular flexibility index (Phi) is 7.46. The van der Waals surface area contributed by atoms with Gasteiger partial charge in [-0.05, 0) is 43.7 Å². The van der Waals surface area contributed by atoms with E-state index in [0.717, 1.165) is 63.4 Å². The van der Waals surface area contributed by atoms with Crippen molar-refractivity contribution < 1.29 is 14.3 Å². The molecule has 30 heavy (non-hydrogen) atoms. The van der Waals surface area contributed by atoms with E-state index in [1.165, 1.54) is 4.90 Å². The number of allylic oxidation sites excluding steroid dienone is 2. The van der Waals surface area contributed by atoms with Crippen LogP contribution in [0.2, 0.25) is 0 Å². The highest BCUT2D eigenvalue weighted by molar-refractivity contribution is 6.21. The summed E-state index contributed by atoms with van der Waals surface area (Å²) in [6.45, 7) is 13.1. The van der Waals surface area contributed by atoms with Crippen molar-refractivity contribution in [2.75, 3.05) is 46.4 Å². The average Bonchev–Trinajstić information content (AvgIpc) is 3.02. The van der Waals surface area contributed by atoms with Gasteiger partial charge in [0.2, 0.25) is 0 Å². The normalized spacial score (nSPS) is 17.6. The minimum Gasteiger partial charge on any atom is -0.495 e. The van der Waals surface area contributed by atoms with Crippen molar-refractivity contribution >= 4 is 11.8 Å². The first-order chi connectivity index (χ1) is 14.6. The topological polar surface area (TPSA) is 53.1 Å². The molecule has 0 spiro atoms. The van der Waals surface area contributed by atoms with Crippen molar-refractivity contribution in [1.82, 2.24) is 14.7 Å². The predicted molar refractivity (Wildman–Crippen MR) is 118 cm³/mol. The third kappa shape index (κ3) is 4.65. The number of hydrogen-bond donors (Lipinski definition) is 0. The minimum absolute atomic E-state index is 0.159. The van der Waals surface area contributed by atoms with Gasteiger partial charge in [0, 0.05) is 32.7 Å². The van der Waals surface area contributed by atoms with Crippen LogP contribution in [-0.4, -0.2) is 72.9 Å². The Hall–Kier alpha value is -2.86. The molecule has 1 saturated heterocycles. The molecule has 0 radical (unpaired) electrons. The molecule has 2 amide bonds. The fraction of sp³-hybridized carbons (Fsp3) is 0.417. The van der Waals surface area contributed by atoms with E-state index in [1.54, 1.807) is 37.5 Å². The second-order valence-corrected chi connectivity index (χ2v) is 7.56. The number of benzene rings is 1. The Morgan fingerprint density at radius 2 is 1.53 bits per heavy atom. The van der Waals surface area contributed by atoms with Gasteiger partial charge in [0.15, 0.2) is 0 Å². The number of imide groups is 1. The smallest absolute Gasteiger partial charge is 0.261 e.